The second-order valence-electron chi connectivity index (χ2n) is 8.85. The van der Waals surface area contributed by atoms with Gasteiger partial charge in [0, 0.05) is 6.04 Å². The lowest BCUT2D eigenvalue weighted by atomic mass is 9.70. The average Bonchev–Trinajstić information content (AvgIpc) is 3.24. The van der Waals surface area contributed by atoms with Crippen molar-refractivity contribution in [2.24, 2.45) is 0 Å². The number of hydrogen-bond acceptors (Lipinski definition) is 4. The van der Waals surface area contributed by atoms with E-state index >= 15 is 0 Å². The maximum atomic E-state index is 12.5. The van der Waals surface area contributed by atoms with Gasteiger partial charge in [-0.05, 0) is 63.4 Å². The summed E-state index contributed by atoms with van der Waals surface area (Å²) in [5, 5.41) is 3.11. The molecule has 1 N–H and O–H groups in total. The van der Waals surface area contributed by atoms with Crippen molar-refractivity contribution in [3.63, 3.8) is 0 Å². The summed E-state index contributed by atoms with van der Waals surface area (Å²) in [5.41, 5.74) is 0.739. The lowest BCUT2D eigenvalue weighted by Gasteiger charge is -2.40. The molecule has 160 valence electrons. The first-order valence-electron chi connectivity index (χ1n) is 11.3. The number of hydrogen-bond donors (Lipinski definition) is 1. The summed E-state index contributed by atoms with van der Waals surface area (Å²) in [6.45, 7) is 4.05. The molecule has 1 aliphatic heterocycles. The van der Waals surface area contributed by atoms with Crippen LogP contribution in [-0.4, -0.2) is 35.7 Å². The minimum absolute atomic E-state index is 0.105. The predicted molar refractivity (Wildman–Crippen MR) is 116 cm³/mol. The zero-order chi connectivity index (χ0) is 21.0. The highest BCUT2D eigenvalue weighted by Crippen LogP contribution is 2.36. The molecule has 30 heavy (non-hydrogen) atoms. The van der Waals surface area contributed by atoms with Crippen LogP contribution in [0.2, 0.25) is 0 Å². The Kier molecular flexibility index (Phi) is 6.38. The van der Waals surface area contributed by atoms with E-state index in [2.05, 4.69) is 22.3 Å². The van der Waals surface area contributed by atoms with Gasteiger partial charge in [-0.1, -0.05) is 49.6 Å². The van der Waals surface area contributed by atoms with Crippen LogP contribution in [0, 0.1) is 0 Å². The number of nitrogens with one attached hydrogen (secondary N) is 1. The quantitative estimate of drug-likeness (QED) is 0.766. The first-order chi connectivity index (χ1) is 14.6. The number of nitrogens with zero attached hydrogens (tertiary/aromatic N) is 1. The van der Waals surface area contributed by atoms with Crippen molar-refractivity contribution >= 4 is 11.7 Å². The van der Waals surface area contributed by atoms with Crippen molar-refractivity contribution in [3.8, 4) is 0 Å². The molecule has 0 unspecified atom stereocenters. The highest BCUT2D eigenvalue weighted by molar-refractivity contribution is 5.91. The minimum Gasteiger partial charge on any atom is -0.455 e. The predicted octanol–water partition coefficient (Wildman–Crippen LogP) is 4.46. The van der Waals surface area contributed by atoms with Gasteiger partial charge in [-0.3, -0.25) is 14.5 Å². The van der Waals surface area contributed by atoms with E-state index in [0.717, 1.165) is 50.1 Å². The standard InChI is InChI=1S/C25H32N2O3/c1-19(28)25(20-8-4-2-5-9-20)14-16-27(17-15-25)18-22-12-13-23(30-22)24(29)26-21-10-6-3-7-11-21/h2,4-5,8-9,12-13,21H,3,6-7,10-11,14-18H2,1H3,(H,26,29). The van der Waals surface area contributed by atoms with Crippen molar-refractivity contribution in [2.45, 2.75) is 69.9 Å². The van der Waals surface area contributed by atoms with Gasteiger partial charge in [0.1, 0.15) is 11.5 Å². The Labute approximate surface area is 178 Å². The van der Waals surface area contributed by atoms with Crippen LogP contribution in [0.15, 0.2) is 46.9 Å². The second kappa shape index (κ2) is 9.17. The van der Waals surface area contributed by atoms with Gasteiger partial charge in [0.15, 0.2) is 5.76 Å². The SMILES string of the molecule is CC(=O)C1(c2ccccc2)CCN(Cc2ccc(C(=O)NC3CCCCC3)o2)CC1. The molecule has 2 aromatic rings. The van der Waals surface area contributed by atoms with Gasteiger partial charge in [-0.25, -0.2) is 0 Å². The Morgan fingerprint density at radius 2 is 1.73 bits per heavy atom. The zero-order valence-electron chi connectivity index (χ0n) is 17.9. The highest BCUT2D eigenvalue weighted by atomic mass is 16.4. The van der Waals surface area contributed by atoms with Crippen LogP contribution in [0.1, 0.15) is 73.7 Å². The number of carbonyl (C=O) groups is 2. The summed E-state index contributed by atoms with van der Waals surface area (Å²) in [7, 11) is 0. The normalized spacial score (nSPS) is 20.0. The summed E-state index contributed by atoms with van der Waals surface area (Å²) in [6, 6.07) is 14.1. The molecule has 2 fully saturated rings. The van der Waals surface area contributed by atoms with E-state index in [4.69, 9.17) is 4.42 Å². The molecular weight excluding hydrogens is 376 g/mol. The molecule has 0 bridgehead atoms. The number of amides is 1. The number of furan rings is 1. The molecule has 1 aromatic heterocycles. The van der Waals surface area contributed by atoms with E-state index in [1.807, 2.05) is 24.3 Å². The molecule has 2 heterocycles. The molecule has 5 nitrogen and oxygen atoms in total. The minimum atomic E-state index is -0.383. The fourth-order valence-electron chi connectivity index (χ4n) is 5.00. The van der Waals surface area contributed by atoms with E-state index in [1.54, 1.807) is 13.0 Å². The van der Waals surface area contributed by atoms with Crippen molar-refractivity contribution in [2.75, 3.05) is 13.1 Å². The number of rotatable bonds is 6. The molecule has 5 heteroatoms. The summed E-state index contributed by atoms with van der Waals surface area (Å²) in [4.78, 5) is 27.3. The Bertz CT molecular complexity index is 860. The van der Waals surface area contributed by atoms with Gasteiger partial charge >= 0.3 is 0 Å². The van der Waals surface area contributed by atoms with Crippen LogP contribution in [0.4, 0.5) is 0 Å². The third-order valence-corrected chi connectivity index (χ3v) is 6.92. The highest BCUT2D eigenvalue weighted by Gasteiger charge is 2.40. The summed E-state index contributed by atoms with van der Waals surface area (Å²) >= 11 is 0. The van der Waals surface area contributed by atoms with Gasteiger partial charge in [0.05, 0.1) is 12.0 Å². The van der Waals surface area contributed by atoms with Crippen LogP contribution in [0.5, 0.6) is 0 Å². The molecule has 0 atom stereocenters. The molecule has 0 spiro atoms. The van der Waals surface area contributed by atoms with Crippen LogP contribution in [0.25, 0.3) is 0 Å². The molecule has 1 amide bonds. The van der Waals surface area contributed by atoms with E-state index in [-0.39, 0.29) is 23.1 Å². The molecule has 0 radical (unpaired) electrons. The largest absolute Gasteiger partial charge is 0.455 e. The van der Waals surface area contributed by atoms with Crippen molar-refractivity contribution in [3.05, 3.63) is 59.5 Å². The molecule has 4 rings (SSSR count). The number of likely N-dealkylation sites (tertiary alicyclic amines) is 1. The van der Waals surface area contributed by atoms with E-state index in [0.29, 0.717) is 12.3 Å². The van der Waals surface area contributed by atoms with Gasteiger partial charge in [-0.15, -0.1) is 0 Å². The Morgan fingerprint density at radius 3 is 2.40 bits per heavy atom. The van der Waals surface area contributed by atoms with Crippen molar-refractivity contribution < 1.29 is 14.0 Å². The number of ketones is 1. The monoisotopic (exact) mass is 408 g/mol. The summed E-state index contributed by atoms with van der Waals surface area (Å²) < 4.78 is 5.85. The second-order valence-corrected chi connectivity index (χ2v) is 8.85. The van der Waals surface area contributed by atoms with Crippen LogP contribution in [-0.2, 0) is 16.8 Å². The number of carbonyl (C=O) groups excluding carboxylic acids is 2. The Balaban J connectivity index is 1.34. The first kappa shape index (κ1) is 20.9. The molecule has 1 saturated heterocycles. The van der Waals surface area contributed by atoms with E-state index < -0.39 is 0 Å². The maximum Gasteiger partial charge on any atom is 0.287 e. The number of Topliss-reactive ketones (excluding diaryl/α,β-unsaturated/α-hetero) is 1. The Hall–Kier alpha value is -2.40. The molecule has 1 aliphatic carbocycles. The topological polar surface area (TPSA) is 62.6 Å². The average molecular weight is 409 g/mol. The fourth-order valence-corrected chi connectivity index (χ4v) is 5.00. The first-order valence-corrected chi connectivity index (χ1v) is 11.3. The van der Waals surface area contributed by atoms with Crippen molar-refractivity contribution in [1.29, 1.82) is 0 Å². The van der Waals surface area contributed by atoms with E-state index in [9.17, 15) is 9.59 Å². The van der Waals surface area contributed by atoms with Gasteiger partial charge in [-0.2, -0.15) is 0 Å². The van der Waals surface area contributed by atoms with Crippen LogP contribution < -0.4 is 5.32 Å². The third kappa shape index (κ3) is 4.51. The molecule has 2 aliphatic rings. The molecule has 1 aromatic carbocycles. The number of benzene rings is 1. The van der Waals surface area contributed by atoms with Crippen LogP contribution >= 0.6 is 0 Å². The molecular formula is C25H32N2O3. The lowest BCUT2D eigenvalue weighted by Crippen LogP contribution is -2.46. The van der Waals surface area contributed by atoms with Gasteiger partial charge in [0.25, 0.3) is 5.91 Å². The Morgan fingerprint density at radius 1 is 1.03 bits per heavy atom. The van der Waals surface area contributed by atoms with Gasteiger partial charge in [0.2, 0.25) is 0 Å². The fraction of sp³-hybridized carbons (Fsp3) is 0.520. The lowest BCUT2D eigenvalue weighted by molar-refractivity contribution is -0.124. The summed E-state index contributed by atoms with van der Waals surface area (Å²) in [5.74, 6) is 1.34. The van der Waals surface area contributed by atoms with E-state index in [1.165, 1.54) is 19.3 Å². The van der Waals surface area contributed by atoms with Gasteiger partial charge < -0.3 is 9.73 Å². The smallest absolute Gasteiger partial charge is 0.287 e. The maximum absolute atomic E-state index is 12.5. The third-order valence-electron chi connectivity index (χ3n) is 6.92. The summed E-state index contributed by atoms with van der Waals surface area (Å²) in [6.07, 6.45) is 7.38. The van der Waals surface area contributed by atoms with Crippen molar-refractivity contribution in [1.82, 2.24) is 10.2 Å². The zero-order valence-corrected chi connectivity index (χ0v) is 17.9. The molecule has 1 saturated carbocycles. The van der Waals surface area contributed by atoms with Crippen LogP contribution in [0.3, 0.4) is 0 Å². The number of piperidine rings is 1.